The molecular weight excluding hydrogens is 1390 g/mol. The number of aromatic nitrogens is 8. The maximum absolute atomic E-state index is 12.4. The van der Waals surface area contributed by atoms with Crippen molar-refractivity contribution in [1.82, 2.24) is 38.2 Å². The van der Waals surface area contributed by atoms with Gasteiger partial charge in [0, 0.05) is 45.7 Å². The van der Waals surface area contributed by atoms with Gasteiger partial charge in [0.05, 0.1) is 45.2 Å². The van der Waals surface area contributed by atoms with Gasteiger partial charge >= 0.3 is 48.5 Å². The first-order valence-electron chi connectivity index (χ1n) is 31.7. The normalized spacial score (nSPS) is 29.2. The number of nitrogens with zero attached hydrogens (tertiary/aromatic N) is 4. The van der Waals surface area contributed by atoms with Crippen molar-refractivity contribution in [3.8, 4) is 0 Å². The molecule has 46 heteroatoms. The summed E-state index contributed by atoms with van der Waals surface area (Å²) in [6, 6.07) is 3.80. The number of H-pyrrole nitrogens is 4. The summed E-state index contributed by atoms with van der Waals surface area (Å²) >= 11 is 0. The van der Waals surface area contributed by atoms with Crippen LogP contribution in [0, 0.1) is 0 Å². The molecule has 99 heavy (non-hydrogen) atoms. The number of aliphatic hydroxyl groups is 5. The second-order valence-electron chi connectivity index (χ2n) is 22.1. The van der Waals surface area contributed by atoms with Gasteiger partial charge in [-0.2, -0.15) is 0 Å². The lowest BCUT2D eigenvalue weighted by Crippen LogP contribution is -2.41. The number of carbonyl (C=O) groups is 3. The Balaban J connectivity index is 0.000000237. The number of ether oxygens (including phenoxy) is 11. The van der Waals surface area contributed by atoms with E-state index in [0.717, 1.165) is 36.9 Å². The molecule has 0 bridgehead atoms. The summed E-state index contributed by atoms with van der Waals surface area (Å²) in [6.45, 7) is 10.2. The number of carbonyl (C=O) groups excluding carboxylic acids is 3. The highest BCUT2D eigenvalue weighted by Crippen LogP contribution is 2.44. The van der Waals surface area contributed by atoms with E-state index in [0.29, 0.717) is 9.13 Å². The summed E-state index contributed by atoms with van der Waals surface area (Å²) in [4.78, 5) is 155. The van der Waals surface area contributed by atoms with Crippen molar-refractivity contribution in [3.63, 3.8) is 0 Å². The van der Waals surface area contributed by atoms with Crippen molar-refractivity contribution in [1.29, 1.82) is 2.67 Å². The molecule has 6 fully saturated rings. The fourth-order valence-electron chi connectivity index (χ4n) is 10.1. The Bertz CT molecular complexity index is 4180. The van der Waals surface area contributed by atoms with E-state index in [2.05, 4.69) is 14.5 Å². The van der Waals surface area contributed by atoms with Gasteiger partial charge in [0.2, 0.25) is 14.2 Å². The van der Waals surface area contributed by atoms with E-state index in [1.54, 1.807) is 41.5 Å². The summed E-state index contributed by atoms with van der Waals surface area (Å²) in [5, 5.41) is 48.8. The summed E-state index contributed by atoms with van der Waals surface area (Å²) in [7, 11) is -5.15. The van der Waals surface area contributed by atoms with Crippen LogP contribution in [0.25, 0.3) is 0 Å². The topological polar surface area (TPSA) is 574 Å². The number of rotatable bonds is 16. The molecule has 10 rings (SSSR count). The zero-order chi connectivity index (χ0) is 77.5. The number of nitrogens with one attached hydrogen (secondary N) is 4. The number of phosphoric acid groups is 1. The van der Waals surface area contributed by atoms with Crippen LogP contribution < -0.4 is 45.0 Å². The van der Waals surface area contributed by atoms with Crippen LogP contribution in [0.4, 0.5) is 0 Å². The second kappa shape index (κ2) is 35.2. The molecule has 6 unspecified atom stereocenters. The summed E-state index contributed by atoms with van der Waals surface area (Å²) in [5.74, 6) is -4.52. The summed E-state index contributed by atoms with van der Waals surface area (Å²) < 4.78 is 125. The number of phosphoric ester groups is 1. The number of esters is 3. The summed E-state index contributed by atoms with van der Waals surface area (Å²) in [5.41, 5.74) is -7.63. The van der Waals surface area contributed by atoms with E-state index in [-0.39, 0.29) is 39.3 Å². The molecule has 0 amide bonds. The standard InChI is InChI=1S/C15H20N2O7.C12H17N2O11P.C12H16N2O8.C12H16N2O5.2CH4BOS/c1-5-21-13(19)8-6-9(18)16-14(20)17(8)12-11-10(7(2)22-12)23-15(3,4)24-11;1-2-23-11(18)5-3-7(15)13-12(19)14(5)10-9(17)8(16)6(25-10)4-24-26(20,21)22;1-2-21-11(19)5-3-7(16)13-12(20)14(5)10-9(18)8(17)6(4-15)22-10;1-6-8-9(19-12(2,3)18-8)10(17-6)14-5-4-7(15)13-11(14)16;2*1-4(2)3/h6-7,10-12H,5H2,1-4H3,(H,16,18,20);3,6,8-10,16-17H,2,4H2,1H3,(H,13,15,19)(H2,20,21,22);3,6,8-10,15,17-18H,2,4H2,1H3,(H,13,16,20);4-6,8-10H,1-3H3,(H,13,15,16);2*2H,1H3/t7-,10+,11?,12-;3*6-,8+,9?,10-;;/m1111../s1/i2T;;;1T;2*2D. The highest BCUT2D eigenvalue weighted by Gasteiger charge is 2.57. The van der Waals surface area contributed by atoms with Crippen LogP contribution in [0.5, 0.6) is 0 Å². The number of fused-ring (bicyclic) bond motifs is 2. The third-order valence-corrected chi connectivity index (χ3v) is 14.3. The quantitative estimate of drug-likeness (QED) is 0.0215. The Morgan fingerprint density at radius 2 is 0.919 bits per heavy atom. The minimum absolute atomic E-state index is 0.00914. The van der Waals surface area contributed by atoms with Gasteiger partial charge in [-0.05, 0) is 86.2 Å². The molecule has 550 valence electrons. The zero-order valence-corrected chi connectivity index (χ0v) is 56.6. The lowest BCUT2D eigenvalue weighted by atomic mass is 10.1. The van der Waals surface area contributed by atoms with Crippen LogP contribution in [0.15, 0.2) is 68.8 Å². The van der Waals surface area contributed by atoms with Crippen LogP contribution in [-0.4, -0.2) is 247 Å². The lowest BCUT2D eigenvalue weighted by Gasteiger charge is -2.25. The Labute approximate surface area is 570 Å². The number of aliphatic hydroxyl groups excluding tert-OH is 5. The molecular formula is C53H77B2N8O33PS2. The molecule has 10 heterocycles. The molecule has 0 aliphatic carbocycles. The van der Waals surface area contributed by atoms with Gasteiger partial charge in [0.25, 0.3) is 22.2 Å². The van der Waals surface area contributed by atoms with Gasteiger partial charge in [-0.1, -0.05) is 0 Å². The third-order valence-electron chi connectivity index (χ3n) is 13.8. The molecule has 4 aromatic rings. The fraction of sp³-hybridized carbons (Fsp3) is 0.642. The molecule has 6 aliphatic heterocycles. The first-order chi connectivity index (χ1) is 48.2. The summed E-state index contributed by atoms with van der Waals surface area (Å²) in [6.07, 6.45) is -12.8. The van der Waals surface area contributed by atoms with Crippen LogP contribution >= 0.6 is 7.82 Å². The second-order valence-corrected chi connectivity index (χ2v) is 25.3. The fourth-order valence-corrected chi connectivity index (χ4v) is 10.4. The Kier molecular flexibility index (Phi) is 27.1. The highest BCUT2D eigenvalue weighted by molar-refractivity contribution is 8.06. The maximum Gasteiger partial charge on any atom is 0.469 e. The Morgan fingerprint density at radius 1 is 0.576 bits per heavy atom. The van der Waals surface area contributed by atoms with Crippen molar-refractivity contribution in [2.24, 2.45) is 0 Å². The molecule has 6 saturated heterocycles. The van der Waals surface area contributed by atoms with Crippen LogP contribution in [0.2, 0.25) is 0 Å². The average molecular weight is 1480 g/mol. The molecule has 4 aromatic heterocycles. The Hall–Kier alpha value is -6.85. The Morgan fingerprint density at radius 3 is 1.26 bits per heavy atom. The van der Waals surface area contributed by atoms with Crippen LogP contribution in [0.3, 0.4) is 0 Å². The van der Waals surface area contributed by atoms with Gasteiger partial charge in [0.15, 0.2) is 36.5 Å². The van der Waals surface area contributed by atoms with Crippen molar-refractivity contribution >= 4 is 61.2 Å². The molecule has 18 atom stereocenters. The molecule has 6 aliphatic rings. The zero-order valence-electron chi connectivity index (χ0n) is 58.0. The number of hydrogen-bond acceptors (Lipinski definition) is 31. The monoisotopic (exact) mass is 1480 g/mol. The van der Waals surface area contributed by atoms with Gasteiger partial charge in [0.1, 0.15) is 78.1 Å². The van der Waals surface area contributed by atoms with Crippen molar-refractivity contribution < 1.29 is 122 Å². The smallest absolute Gasteiger partial charge is 0.461 e. The van der Waals surface area contributed by atoms with E-state index in [4.69, 9.17) is 72.4 Å². The highest BCUT2D eigenvalue weighted by atomic mass is 32.2. The van der Waals surface area contributed by atoms with Gasteiger partial charge in [-0.25, -0.2) is 38.1 Å². The van der Waals surface area contributed by atoms with Gasteiger partial charge in [-0.15, -0.1) is 0 Å². The molecule has 41 nitrogen and oxygen atoms in total. The van der Waals surface area contributed by atoms with E-state index >= 15 is 0 Å². The van der Waals surface area contributed by atoms with Crippen molar-refractivity contribution in [3.05, 3.63) is 131 Å². The maximum atomic E-state index is 12.4. The van der Waals surface area contributed by atoms with E-state index < -0.39 is 226 Å². The van der Waals surface area contributed by atoms with E-state index in [9.17, 15) is 86.1 Å². The van der Waals surface area contributed by atoms with Gasteiger partial charge in [-0.3, -0.25) is 70.3 Å². The third kappa shape index (κ3) is 21.6. The molecule has 11 N–H and O–H groups in total. The first-order valence-corrected chi connectivity index (χ1v) is 33.9. The van der Waals surface area contributed by atoms with Crippen molar-refractivity contribution in [2.75, 3.05) is 45.5 Å². The van der Waals surface area contributed by atoms with E-state index in [1.165, 1.54) is 36.3 Å². The molecule has 0 spiro atoms. The van der Waals surface area contributed by atoms with Gasteiger partial charge < -0.3 is 87.4 Å². The van der Waals surface area contributed by atoms with Crippen molar-refractivity contribution in [2.45, 2.75) is 172 Å². The first kappa shape index (κ1) is 76.3. The number of hydrogen-bond donors (Lipinski definition) is 11. The minimum atomic E-state index is -4.87. The lowest BCUT2D eigenvalue weighted by molar-refractivity contribution is -0.195. The SMILES string of the molecule is CCOC(=O)c1cc(=O)[nH]c(=O)n1[C@@H]1O[C@H](CO)[C@H](O)C1O.CCOC(=O)c1cc(=O)[nH]c(=O)n1[C@@H]1O[C@H](COP(=O)(O)O)[C@H](O)C1O.[2H][B]S(C)=O.[2H][B]S(C)=O.[3H]C[C@H]1O[C@@H](n2c(C(=O)OCC)cc(=O)[nH]c2=O)C2OC(C)(C)O[C@H]21.[3H]C[C@H]1O[C@@H](n2ccc(=O)[nH]c2=O)C2OC(C)(C)O[C@H]21. The van der Waals surface area contributed by atoms with Crippen LogP contribution in [-0.2, 0) is 82.5 Å². The van der Waals surface area contributed by atoms with Crippen LogP contribution in [0.1, 0.15) is 121 Å². The van der Waals surface area contributed by atoms with E-state index in [1.807, 2.05) is 9.97 Å². The molecule has 2 radical (unpaired) electrons. The predicted octanol–water partition coefficient (Wildman–Crippen LogP) is -6.75. The average Bonchev–Trinajstić information content (AvgIpc) is 1.61. The number of aromatic amines is 4. The molecule has 0 aromatic carbocycles. The largest absolute Gasteiger partial charge is 0.469 e. The minimum Gasteiger partial charge on any atom is -0.461 e. The molecule has 0 saturated carbocycles. The predicted molar refractivity (Wildman–Crippen MR) is 339 cm³/mol.